The van der Waals surface area contributed by atoms with Crippen LogP contribution in [0.4, 0.5) is 0 Å². The lowest BCUT2D eigenvalue weighted by Crippen LogP contribution is -2.25. The molecule has 0 aromatic heterocycles. The fourth-order valence-electron chi connectivity index (χ4n) is 3.10. The molecule has 0 amide bonds. The molecule has 0 aliphatic heterocycles. The van der Waals surface area contributed by atoms with E-state index in [1.54, 1.807) is 36.4 Å². The van der Waals surface area contributed by atoms with Crippen LogP contribution in [0.25, 0.3) is 0 Å². The lowest BCUT2D eigenvalue weighted by molar-refractivity contribution is 0.0971. The molecule has 28 heavy (non-hydrogen) atoms. The Morgan fingerprint density at radius 2 is 1.11 bits per heavy atom. The maximum atomic E-state index is 13.4. The summed E-state index contributed by atoms with van der Waals surface area (Å²) in [5, 5.41) is 0. The highest BCUT2D eigenvalue weighted by atomic mass is 16.5. The van der Waals surface area contributed by atoms with Gasteiger partial charge in [-0.3, -0.25) is 9.59 Å². The number of hydrogen-bond donors (Lipinski definition) is 0. The van der Waals surface area contributed by atoms with Crippen molar-refractivity contribution in [1.29, 1.82) is 0 Å². The molecule has 0 spiro atoms. The van der Waals surface area contributed by atoms with Crippen LogP contribution in [-0.2, 0) is 0 Å². The van der Waals surface area contributed by atoms with Gasteiger partial charge in [-0.15, -0.1) is 0 Å². The van der Waals surface area contributed by atoms with Crippen LogP contribution in [0, 0.1) is 0 Å². The van der Waals surface area contributed by atoms with Gasteiger partial charge in [0.15, 0.2) is 5.78 Å². The maximum absolute atomic E-state index is 13.4. The third-order valence-electron chi connectivity index (χ3n) is 4.59. The van der Waals surface area contributed by atoms with E-state index in [2.05, 4.69) is 0 Å². The molecule has 0 fully saturated rings. The van der Waals surface area contributed by atoms with Gasteiger partial charge in [-0.05, 0) is 40.3 Å². The quantitative estimate of drug-likeness (QED) is 0.596. The summed E-state index contributed by atoms with van der Waals surface area (Å²) >= 11 is 0. The van der Waals surface area contributed by atoms with Gasteiger partial charge in [0, 0.05) is 24.2 Å². The second-order valence-electron chi connectivity index (χ2n) is 7.32. The number of likely N-dealkylation sites (N-methyl/N-ethyl adjacent to an activating group) is 2. The minimum absolute atomic E-state index is 0.180. The fourth-order valence-corrected chi connectivity index (χ4v) is 3.10. The first-order valence-corrected chi connectivity index (χ1v) is 9.30. The average Bonchev–Trinajstić information content (AvgIpc) is 2.65. The van der Waals surface area contributed by atoms with Crippen molar-refractivity contribution in [3.05, 3.63) is 58.7 Å². The molecule has 2 aromatic rings. The van der Waals surface area contributed by atoms with Crippen molar-refractivity contribution >= 4 is 11.6 Å². The second-order valence-corrected chi connectivity index (χ2v) is 7.32. The molecule has 2 aromatic carbocycles. The molecule has 3 rings (SSSR count). The van der Waals surface area contributed by atoms with Crippen molar-refractivity contribution in [3.63, 3.8) is 0 Å². The van der Waals surface area contributed by atoms with Crippen LogP contribution in [0.2, 0.25) is 0 Å². The Labute approximate surface area is 165 Å². The minimum atomic E-state index is -0.231. The van der Waals surface area contributed by atoms with Crippen LogP contribution in [-0.4, -0.2) is 75.9 Å². The first kappa shape index (κ1) is 20.0. The summed E-state index contributed by atoms with van der Waals surface area (Å²) in [5.74, 6) is 0.462. The zero-order chi connectivity index (χ0) is 20.3. The average molecular weight is 382 g/mol. The summed E-state index contributed by atoms with van der Waals surface area (Å²) < 4.78 is 11.7. The van der Waals surface area contributed by atoms with E-state index in [9.17, 15) is 9.59 Å². The fraction of sp³-hybridized carbons (Fsp3) is 0.364. The summed E-state index contributed by atoms with van der Waals surface area (Å²) in [5.41, 5.74) is 1.40. The van der Waals surface area contributed by atoms with Gasteiger partial charge in [-0.25, -0.2) is 0 Å². The van der Waals surface area contributed by atoms with Gasteiger partial charge in [-0.1, -0.05) is 24.3 Å². The van der Waals surface area contributed by atoms with Crippen LogP contribution in [0.1, 0.15) is 31.8 Å². The Morgan fingerprint density at radius 1 is 0.679 bits per heavy atom. The molecule has 6 nitrogen and oxygen atoms in total. The smallest absolute Gasteiger partial charge is 0.201 e. The van der Waals surface area contributed by atoms with E-state index in [-0.39, 0.29) is 11.6 Å². The molecule has 0 bridgehead atoms. The van der Waals surface area contributed by atoms with E-state index >= 15 is 0 Å². The second kappa shape index (κ2) is 8.54. The number of ketones is 2. The predicted molar refractivity (Wildman–Crippen MR) is 108 cm³/mol. The molecule has 0 heterocycles. The van der Waals surface area contributed by atoms with E-state index in [0.717, 1.165) is 0 Å². The summed E-state index contributed by atoms with van der Waals surface area (Å²) in [6.45, 7) is 2.28. The Morgan fingerprint density at radius 3 is 1.50 bits per heavy atom. The van der Waals surface area contributed by atoms with Crippen molar-refractivity contribution in [2.24, 2.45) is 0 Å². The van der Waals surface area contributed by atoms with Crippen LogP contribution in [0.3, 0.4) is 0 Å². The summed E-state index contributed by atoms with van der Waals surface area (Å²) in [6, 6.07) is 10.3. The van der Waals surface area contributed by atoms with Gasteiger partial charge in [0.25, 0.3) is 0 Å². The van der Waals surface area contributed by atoms with Gasteiger partial charge in [0.2, 0.25) is 5.78 Å². The van der Waals surface area contributed by atoms with Gasteiger partial charge in [0.05, 0.1) is 11.1 Å². The number of nitrogens with zero attached hydrogens (tertiary/aromatic N) is 2. The molecule has 1 aliphatic rings. The number of benzene rings is 2. The Kier molecular flexibility index (Phi) is 6.11. The molecule has 0 N–H and O–H groups in total. The topological polar surface area (TPSA) is 59.1 Å². The van der Waals surface area contributed by atoms with Gasteiger partial charge in [-0.2, -0.15) is 0 Å². The van der Waals surface area contributed by atoms with Crippen molar-refractivity contribution in [2.75, 3.05) is 54.5 Å². The van der Waals surface area contributed by atoms with E-state index in [1.165, 1.54) is 0 Å². The molecular weight excluding hydrogens is 356 g/mol. The molecule has 148 valence electrons. The maximum Gasteiger partial charge on any atom is 0.201 e. The lowest BCUT2D eigenvalue weighted by atomic mass is 9.83. The highest BCUT2D eigenvalue weighted by molar-refractivity contribution is 6.30. The van der Waals surface area contributed by atoms with E-state index in [4.69, 9.17) is 9.47 Å². The SMILES string of the molecule is CN(C)CCOc1cccc2c1C(=O)c1c(OCCN(C)C)cccc1C2=O. The van der Waals surface area contributed by atoms with E-state index in [0.29, 0.717) is 60.1 Å². The molecule has 0 radical (unpaired) electrons. The number of carbonyl (C=O) groups is 2. The zero-order valence-corrected chi connectivity index (χ0v) is 16.8. The number of rotatable bonds is 8. The zero-order valence-electron chi connectivity index (χ0n) is 16.8. The first-order valence-electron chi connectivity index (χ1n) is 9.30. The number of carbonyl (C=O) groups excluding carboxylic acids is 2. The van der Waals surface area contributed by atoms with Crippen LogP contribution in [0.15, 0.2) is 36.4 Å². The Hall–Kier alpha value is -2.70. The van der Waals surface area contributed by atoms with Crippen molar-refractivity contribution in [2.45, 2.75) is 0 Å². The highest BCUT2D eigenvalue weighted by Crippen LogP contribution is 2.37. The highest BCUT2D eigenvalue weighted by Gasteiger charge is 2.34. The van der Waals surface area contributed by atoms with Gasteiger partial charge >= 0.3 is 0 Å². The summed E-state index contributed by atoms with van der Waals surface area (Å²) in [4.78, 5) is 30.4. The third kappa shape index (κ3) is 4.08. The number of hydrogen-bond acceptors (Lipinski definition) is 6. The normalized spacial score (nSPS) is 12.9. The molecule has 0 saturated heterocycles. The minimum Gasteiger partial charge on any atom is -0.491 e. The van der Waals surface area contributed by atoms with Crippen LogP contribution in [0.5, 0.6) is 11.5 Å². The largest absolute Gasteiger partial charge is 0.491 e. The molecular formula is C22H26N2O4. The van der Waals surface area contributed by atoms with Gasteiger partial charge in [0.1, 0.15) is 24.7 Å². The number of fused-ring (bicyclic) bond motifs is 2. The molecule has 0 unspecified atom stereocenters. The van der Waals surface area contributed by atoms with E-state index in [1.807, 2.05) is 38.0 Å². The van der Waals surface area contributed by atoms with Crippen LogP contribution >= 0.6 is 0 Å². The third-order valence-corrected chi connectivity index (χ3v) is 4.59. The van der Waals surface area contributed by atoms with Crippen molar-refractivity contribution < 1.29 is 19.1 Å². The first-order chi connectivity index (χ1) is 13.4. The molecule has 1 aliphatic carbocycles. The Bertz CT molecular complexity index is 821. The standard InChI is InChI=1S/C22H26N2O4/c1-23(2)11-13-27-17-9-5-7-15-19(17)22(26)20-16(21(15)25)8-6-10-18(20)28-14-12-24(3)4/h5-10H,11-14H2,1-4H3. The van der Waals surface area contributed by atoms with Crippen molar-refractivity contribution in [3.8, 4) is 11.5 Å². The summed E-state index contributed by atoms with van der Waals surface area (Å²) in [6.07, 6.45) is 0. The molecule has 0 atom stereocenters. The summed E-state index contributed by atoms with van der Waals surface area (Å²) in [7, 11) is 7.80. The molecule has 0 saturated carbocycles. The number of ether oxygens (including phenoxy) is 2. The van der Waals surface area contributed by atoms with E-state index < -0.39 is 0 Å². The molecule has 6 heteroatoms. The lowest BCUT2D eigenvalue weighted by Gasteiger charge is -2.23. The monoisotopic (exact) mass is 382 g/mol. The van der Waals surface area contributed by atoms with Gasteiger partial charge < -0.3 is 19.3 Å². The predicted octanol–water partition coefficient (Wildman–Crippen LogP) is 2.34. The van der Waals surface area contributed by atoms with Crippen LogP contribution < -0.4 is 9.47 Å². The van der Waals surface area contributed by atoms with Crippen molar-refractivity contribution in [1.82, 2.24) is 9.80 Å². The Balaban J connectivity index is 1.96.